The number of nitro benzene ring substituents is 1. The average molecular weight is 410 g/mol. The molecule has 1 atom stereocenters. The molecular weight excluding hydrogens is 388 g/mol. The van der Waals surface area contributed by atoms with Crippen LogP contribution in [-0.2, 0) is 9.59 Å². The number of carbonyl (C=O) groups excluding carboxylic acids is 2. The van der Waals surface area contributed by atoms with Crippen molar-refractivity contribution in [1.29, 1.82) is 0 Å². The maximum Gasteiger partial charge on any atom is 0.269 e. The van der Waals surface area contributed by atoms with E-state index in [1.54, 1.807) is 36.4 Å². The normalized spacial score (nSPS) is 20.0. The summed E-state index contributed by atoms with van der Waals surface area (Å²) in [6.07, 6.45) is 0.147. The molecule has 0 saturated carbocycles. The minimum atomic E-state index is -0.485. The Kier molecular flexibility index (Phi) is 5.37. The van der Waals surface area contributed by atoms with Crippen LogP contribution in [0, 0.1) is 10.1 Å². The number of imide groups is 1. The van der Waals surface area contributed by atoms with Crippen LogP contribution in [0.4, 0.5) is 17.1 Å². The third kappa shape index (κ3) is 3.59. The van der Waals surface area contributed by atoms with E-state index in [0.717, 1.165) is 5.69 Å². The Morgan fingerprint density at radius 3 is 2.30 bits per heavy atom. The molecule has 0 unspecified atom stereocenters. The van der Waals surface area contributed by atoms with Gasteiger partial charge in [0.2, 0.25) is 5.91 Å². The number of benzene rings is 2. The molecule has 0 aromatic heterocycles. The van der Waals surface area contributed by atoms with Gasteiger partial charge in [-0.15, -0.1) is 0 Å². The van der Waals surface area contributed by atoms with Crippen molar-refractivity contribution in [3.8, 4) is 5.75 Å². The molecule has 9 nitrogen and oxygen atoms in total. The van der Waals surface area contributed by atoms with E-state index < -0.39 is 11.0 Å². The first kappa shape index (κ1) is 19.8. The van der Waals surface area contributed by atoms with Crippen LogP contribution in [0.1, 0.15) is 6.42 Å². The molecule has 0 spiro atoms. The molecule has 2 aliphatic heterocycles. The fraction of sp³-hybridized carbons (Fsp3) is 0.333. The predicted molar refractivity (Wildman–Crippen MR) is 111 cm³/mol. The van der Waals surface area contributed by atoms with Crippen LogP contribution < -0.4 is 14.5 Å². The molecule has 156 valence electrons. The number of hydrogen-bond acceptors (Lipinski definition) is 7. The summed E-state index contributed by atoms with van der Waals surface area (Å²) in [4.78, 5) is 41.5. The van der Waals surface area contributed by atoms with Crippen LogP contribution in [0.5, 0.6) is 5.75 Å². The molecule has 2 heterocycles. The number of para-hydroxylation sites is 2. The molecule has 2 fully saturated rings. The molecule has 2 saturated heterocycles. The van der Waals surface area contributed by atoms with Crippen LogP contribution in [0.15, 0.2) is 48.5 Å². The first-order valence-electron chi connectivity index (χ1n) is 9.73. The number of hydrogen-bond donors (Lipinski definition) is 0. The van der Waals surface area contributed by atoms with E-state index in [4.69, 9.17) is 4.74 Å². The third-order valence-corrected chi connectivity index (χ3v) is 5.63. The predicted octanol–water partition coefficient (Wildman–Crippen LogP) is 2.06. The molecule has 30 heavy (non-hydrogen) atoms. The van der Waals surface area contributed by atoms with E-state index in [1.807, 2.05) is 4.90 Å². The van der Waals surface area contributed by atoms with E-state index in [0.29, 0.717) is 37.6 Å². The number of anilines is 2. The highest BCUT2D eigenvalue weighted by atomic mass is 16.6. The second-order valence-electron chi connectivity index (χ2n) is 7.26. The Bertz CT molecular complexity index is 970. The van der Waals surface area contributed by atoms with E-state index in [-0.39, 0.29) is 23.9 Å². The number of nitrogens with zero attached hydrogens (tertiary/aromatic N) is 4. The minimum Gasteiger partial charge on any atom is -0.495 e. The molecule has 0 bridgehead atoms. The summed E-state index contributed by atoms with van der Waals surface area (Å²) in [6.45, 7) is 2.59. The summed E-state index contributed by atoms with van der Waals surface area (Å²) < 4.78 is 5.31. The number of amides is 2. The van der Waals surface area contributed by atoms with Gasteiger partial charge in [0.05, 0.1) is 30.2 Å². The van der Waals surface area contributed by atoms with Gasteiger partial charge in [-0.2, -0.15) is 0 Å². The molecule has 2 aromatic carbocycles. The molecule has 2 aromatic rings. The lowest BCUT2D eigenvalue weighted by molar-refractivity contribution is -0.384. The van der Waals surface area contributed by atoms with Gasteiger partial charge in [-0.1, -0.05) is 12.1 Å². The van der Waals surface area contributed by atoms with Crippen LogP contribution in [0.25, 0.3) is 0 Å². The Morgan fingerprint density at radius 1 is 1.00 bits per heavy atom. The highest BCUT2D eigenvalue weighted by Crippen LogP contribution is 2.33. The van der Waals surface area contributed by atoms with E-state index in [9.17, 15) is 19.7 Å². The van der Waals surface area contributed by atoms with Crippen molar-refractivity contribution in [2.45, 2.75) is 12.5 Å². The Morgan fingerprint density at radius 2 is 1.67 bits per heavy atom. The summed E-state index contributed by atoms with van der Waals surface area (Å²) in [7, 11) is 1.51. The molecule has 9 heteroatoms. The van der Waals surface area contributed by atoms with E-state index in [1.165, 1.54) is 24.1 Å². The molecule has 4 rings (SSSR count). The lowest BCUT2D eigenvalue weighted by Gasteiger charge is -2.38. The number of nitro groups is 1. The van der Waals surface area contributed by atoms with Gasteiger partial charge < -0.3 is 9.64 Å². The zero-order chi connectivity index (χ0) is 21.3. The number of piperazine rings is 1. The van der Waals surface area contributed by atoms with Crippen molar-refractivity contribution < 1.29 is 19.2 Å². The molecule has 0 N–H and O–H groups in total. The Labute approximate surface area is 173 Å². The number of methoxy groups -OCH3 is 1. The maximum atomic E-state index is 13.1. The van der Waals surface area contributed by atoms with Gasteiger partial charge in [0, 0.05) is 44.0 Å². The largest absolute Gasteiger partial charge is 0.495 e. The molecule has 2 amide bonds. The van der Waals surface area contributed by atoms with Crippen LogP contribution in [0.2, 0.25) is 0 Å². The second kappa shape index (κ2) is 8.11. The van der Waals surface area contributed by atoms with Crippen molar-refractivity contribution in [1.82, 2.24) is 4.90 Å². The van der Waals surface area contributed by atoms with E-state index in [2.05, 4.69) is 4.90 Å². The highest BCUT2D eigenvalue weighted by Gasteiger charge is 2.44. The van der Waals surface area contributed by atoms with Gasteiger partial charge in [-0.05, 0) is 24.3 Å². The van der Waals surface area contributed by atoms with Gasteiger partial charge in [0.25, 0.3) is 11.6 Å². The SMILES string of the molecule is COc1ccccc1N1C(=O)C[C@@H](N2CCN(c3ccc([N+](=O)[O-])cc3)CC2)C1=O. The van der Waals surface area contributed by atoms with Gasteiger partial charge in [-0.25, -0.2) is 4.90 Å². The first-order valence-corrected chi connectivity index (χ1v) is 9.73. The molecule has 0 aliphatic carbocycles. The standard InChI is InChI=1S/C21H22N4O5/c1-30-19-5-3-2-4-17(19)24-20(26)14-18(21(24)27)23-12-10-22(11-13-23)15-6-8-16(9-7-15)25(28)29/h2-9,18H,10-14H2,1H3/t18-/m1/s1. The average Bonchev–Trinajstić information content (AvgIpc) is 3.07. The van der Waals surface area contributed by atoms with Crippen molar-refractivity contribution >= 4 is 28.9 Å². The Hall–Kier alpha value is -3.46. The van der Waals surface area contributed by atoms with Crippen molar-refractivity contribution in [3.63, 3.8) is 0 Å². The summed E-state index contributed by atoms with van der Waals surface area (Å²) in [5.74, 6) is 0.0309. The number of rotatable bonds is 5. The van der Waals surface area contributed by atoms with Gasteiger partial charge in [-0.3, -0.25) is 24.6 Å². The fourth-order valence-electron chi connectivity index (χ4n) is 4.05. The monoisotopic (exact) mass is 410 g/mol. The van der Waals surface area contributed by atoms with Crippen LogP contribution in [0.3, 0.4) is 0 Å². The number of non-ortho nitro benzene ring substituents is 1. The van der Waals surface area contributed by atoms with E-state index >= 15 is 0 Å². The Balaban J connectivity index is 1.43. The lowest BCUT2D eigenvalue weighted by Crippen LogP contribution is -2.52. The highest BCUT2D eigenvalue weighted by molar-refractivity contribution is 6.23. The van der Waals surface area contributed by atoms with Gasteiger partial charge in [0.15, 0.2) is 0 Å². The van der Waals surface area contributed by atoms with Crippen molar-refractivity contribution in [2.75, 3.05) is 43.1 Å². The summed E-state index contributed by atoms with van der Waals surface area (Å²) in [5, 5.41) is 10.8. The summed E-state index contributed by atoms with van der Waals surface area (Å²) in [6, 6.07) is 13.0. The summed E-state index contributed by atoms with van der Waals surface area (Å²) in [5.41, 5.74) is 1.44. The van der Waals surface area contributed by atoms with Gasteiger partial charge >= 0.3 is 0 Å². The van der Waals surface area contributed by atoms with Crippen molar-refractivity contribution in [3.05, 3.63) is 58.6 Å². The minimum absolute atomic E-state index is 0.0592. The first-order chi connectivity index (χ1) is 14.5. The lowest BCUT2D eigenvalue weighted by atomic mass is 10.1. The number of carbonyl (C=O) groups is 2. The topological polar surface area (TPSA) is 96.2 Å². The summed E-state index contributed by atoms with van der Waals surface area (Å²) >= 11 is 0. The third-order valence-electron chi connectivity index (χ3n) is 5.63. The van der Waals surface area contributed by atoms with Crippen LogP contribution in [-0.4, -0.2) is 61.0 Å². The molecular formula is C21H22N4O5. The number of ether oxygens (including phenoxy) is 1. The quantitative estimate of drug-likeness (QED) is 0.423. The molecule has 2 aliphatic rings. The smallest absolute Gasteiger partial charge is 0.269 e. The molecule has 0 radical (unpaired) electrons. The second-order valence-corrected chi connectivity index (χ2v) is 7.26. The van der Waals surface area contributed by atoms with Crippen molar-refractivity contribution in [2.24, 2.45) is 0 Å². The zero-order valence-electron chi connectivity index (χ0n) is 16.6. The fourth-order valence-corrected chi connectivity index (χ4v) is 4.05. The zero-order valence-corrected chi connectivity index (χ0v) is 16.6. The van der Waals surface area contributed by atoms with Crippen LogP contribution >= 0.6 is 0 Å². The van der Waals surface area contributed by atoms with Gasteiger partial charge in [0.1, 0.15) is 5.75 Å². The maximum absolute atomic E-state index is 13.1.